The molecule has 1 aliphatic carbocycles. The number of anilines is 1. The first-order valence-electron chi connectivity index (χ1n) is 15.7. The summed E-state index contributed by atoms with van der Waals surface area (Å²) < 4.78 is 63.6. The third-order valence-corrected chi connectivity index (χ3v) is 10.6. The van der Waals surface area contributed by atoms with Crippen LogP contribution in [-0.2, 0) is 15.8 Å². The maximum absolute atomic E-state index is 17.2. The number of halogens is 4. The Morgan fingerprint density at radius 3 is 2.11 bits per heavy atom. The van der Waals surface area contributed by atoms with Crippen LogP contribution in [0.25, 0.3) is 0 Å². The molecule has 1 unspecified atom stereocenters. The minimum atomic E-state index is -4.51. The molecule has 11 heteroatoms. The summed E-state index contributed by atoms with van der Waals surface area (Å²) in [4.78, 5) is 31.0. The average molecular weight is 632 g/mol. The number of ether oxygens (including phenoxy) is 1. The summed E-state index contributed by atoms with van der Waals surface area (Å²) in [5.41, 5.74) is -1.22. The maximum atomic E-state index is 17.2. The van der Waals surface area contributed by atoms with Crippen molar-refractivity contribution in [1.82, 2.24) is 9.80 Å². The Labute approximate surface area is 261 Å². The van der Waals surface area contributed by atoms with Crippen LogP contribution in [0.5, 0.6) is 5.75 Å². The van der Waals surface area contributed by atoms with Crippen molar-refractivity contribution < 1.29 is 37.0 Å². The number of fused-ring (bicyclic) bond motifs is 1. The molecule has 4 fully saturated rings. The lowest BCUT2D eigenvalue weighted by Gasteiger charge is -2.38. The SMILES string of the molecule is COc1ccc([C@@H]2CN(C(C)(C)C)C[C@@]2(F)C(=O)N2CCC(c3ccc(C(F)(F)F)cc3N3C[C@@H]4C(C(=O)O)[C@@H]4C3)CC2)cc1. The molecule has 2 aromatic carbocycles. The highest BCUT2D eigenvalue weighted by atomic mass is 19.4. The molecule has 3 saturated heterocycles. The molecular formula is C34H41F4N3O4. The van der Waals surface area contributed by atoms with Crippen molar-refractivity contribution in [2.75, 3.05) is 51.3 Å². The van der Waals surface area contributed by atoms with Gasteiger partial charge < -0.3 is 19.6 Å². The van der Waals surface area contributed by atoms with Crippen LogP contribution >= 0.6 is 0 Å². The Hall–Kier alpha value is -3.34. The lowest BCUT2D eigenvalue weighted by atomic mass is 9.83. The van der Waals surface area contributed by atoms with Crippen molar-refractivity contribution in [3.8, 4) is 5.75 Å². The van der Waals surface area contributed by atoms with E-state index in [-0.39, 0.29) is 29.8 Å². The second-order valence-corrected chi connectivity index (χ2v) is 14.2. The zero-order valence-electron chi connectivity index (χ0n) is 26.1. The van der Waals surface area contributed by atoms with E-state index in [1.165, 1.54) is 12.1 Å². The number of carbonyl (C=O) groups is 2. The van der Waals surface area contributed by atoms with Crippen LogP contribution in [0.3, 0.4) is 0 Å². The molecule has 244 valence electrons. The highest BCUT2D eigenvalue weighted by Crippen LogP contribution is 2.54. The maximum Gasteiger partial charge on any atom is 0.416 e. The van der Waals surface area contributed by atoms with Gasteiger partial charge in [0, 0.05) is 56.4 Å². The number of carboxylic acids is 1. The monoisotopic (exact) mass is 631 g/mol. The number of carbonyl (C=O) groups excluding carboxylic acids is 1. The Balaban J connectivity index is 1.20. The van der Waals surface area contributed by atoms with Crippen LogP contribution in [0.2, 0.25) is 0 Å². The fourth-order valence-corrected chi connectivity index (χ4v) is 7.84. The fraction of sp³-hybridized carbons (Fsp3) is 0.588. The fourth-order valence-electron chi connectivity index (χ4n) is 7.84. The summed E-state index contributed by atoms with van der Waals surface area (Å²) in [6.45, 7) is 7.81. The van der Waals surface area contributed by atoms with Crippen molar-refractivity contribution in [3.63, 3.8) is 0 Å². The van der Waals surface area contributed by atoms with Gasteiger partial charge in [0.1, 0.15) is 5.75 Å². The number of alkyl halides is 4. The van der Waals surface area contributed by atoms with E-state index in [9.17, 15) is 27.9 Å². The Morgan fingerprint density at radius 2 is 1.58 bits per heavy atom. The van der Waals surface area contributed by atoms with Gasteiger partial charge in [-0.1, -0.05) is 18.2 Å². The van der Waals surface area contributed by atoms with Gasteiger partial charge in [-0.05, 0) is 86.8 Å². The van der Waals surface area contributed by atoms with Crippen molar-refractivity contribution in [2.24, 2.45) is 17.8 Å². The average Bonchev–Trinajstić information content (AvgIpc) is 3.30. The zero-order chi connectivity index (χ0) is 32.5. The number of hydrogen-bond donors (Lipinski definition) is 1. The van der Waals surface area contributed by atoms with Gasteiger partial charge in [-0.25, -0.2) is 4.39 Å². The van der Waals surface area contributed by atoms with Gasteiger partial charge in [-0.15, -0.1) is 0 Å². The number of hydrogen-bond acceptors (Lipinski definition) is 5. The minimum Gasteiger partial charge on any atom is -0.497 e. The van der Waals surface area contributed by atoms with Crippen molar-refractivity contribution in [3.05, 3.63) is 59.2 Å². The zero-order valence-corrected chi connectivity index (χ0v) is 26.1. The van der Waals surface area contributed by atoms with Gasteiger partial charge in [0.25, 0.3) is 5.91 Å². The molecule has 0 aromatic heterocycles. The first-order chi connectivity index (χ1) is 21.1. The molecule has 4 aliphatic rings. The van der Waals surface area contributed by atoms with E-state index in [4.69, 9.17) is 4.74 Å². The quantitative estimate of drug-likeness (QED) is 0.407. The lowest BCUT2D eigenvalue weighted by molar-refractivity contribution is -0.145. The first kappa shape index (κ1) is 31.6. The number of methoxy groups -OCH3 is 1. The third kappa shape index (κ3) is 5.77. The Kier molecular flexibility index (Phi) is 7.85. The molecular weight excluding hydrogens is 590 g/mol. The molecule has 3 aliphatic heterocycles. The molecule has 0 spiro atoms. The second kappa shape index (κ2) is 11.2. The van der Waals surface area contributed by atoms with Crippen LogP contribution < -0.4 is 9.64 Å². The molecule has 6 rings (SSSR count). The lowest BCUT2D eigenvalue weighted by Crippen LogP contribution is -2.53. The summed E-state index contributed by atoms with van der Waals surface area (Å²) >= 11 is 0. The summed E-state index contributed by atoms with van der Waals surface area (Å²) in [5, 5.41) is 9.41. The molecule has 1 N–H and O–H groups in total. The van der Waals surface area contributed by atoms with E-state index in [2.05, 4.69) is 0 Å². The van der Waals surface area contributed by atoms with Gasteiger partial charge in [0.15, 0.2) is 0 Å². The highest BCUT2D eigenvalue weighted by Gasteiger charge is 2.60. The minimum absolute atomic E-state index is 0.0242. The van der Waals surface area contributed by atoms with Crippen molar-refractivity contribution in [1.29, 1.82) is 0 Å². The van der Waals surface area contributed by atoms with Crippen LogP contribution in [0.15, 0.2) is 42.5 Å². The van der Waals surface area contributed by atoms with Gasteiger partial charge >= 0.3 is 12.1 Å². The van der Waals surface area contributed by atoms with Gasteiger partial charge in [0.2, 0.25) is 5.67 Å². The summed E-state index contributed by atoms with van der Waals surface area (Å²) in [6.07, 6.45) is -3.52. The van der Waals surface area contributed by atoms with E-state index in [0.29, 0.717) is 57.0 Å². The molecule has 45 heavy (non-hydrogen) atoms. The summed E-state index contributed by atoms with van der Waals surface area (Å²) in [5.74, 6) is -2.04. The second-order valence-electron chi connectivity index (χ2n) is 14.2. The molecule has 2 aromatic rings. The number of amides is 1. The predicted octanol–water partition coefficient (Wildman–Crippen LogP) is 5.79. The van der Waals surface area contributed by atoms with E-state index in [0.717, 1.165) is 17.2 Å². The number of nitrogens with zero attached hydrogens (tertiary/aromatic N) is 3. The van der Waals surface area contributed by atoms with E-state index in [1.54, 1.807) is 24.1 Å². The van der Waals surface area contributed by atoms with Crippen LogP contribution in [0.1, 0.15) is 62.1 Å². The van der Waals surface area contributed by atoms with E-state index in [1.807, 2.05) is 42.7 Å². The summed E-state index contributed by atoms with van der Waals surface area (Å²) in [6, 6.07) is 11.0. The van der Waals surface area contributed by atoms with E-state index < -0.39 is 41.1 Å². The molecule has 1 saturated carbocycles. The molecule has 7 nitrogen and oxygen atoms in total. The number of carboxylic acid groups (broad SMARTS) is 1. The van der Waals surface area contributed by atoms with Crippen LogP contribution in [0.4, 0.5) is 23.2 Å². The smallest absolute Gasteiger partial charge is 0.416 e. The van der Waals surface area contributed by atoms with Crippen LogP contribution in [-0.4, -0.2) is 84.4 Å². The number of benzene rings is 2. The van der Waals surface area contributed by atoms with E-state index >= 15 is 4.39 Å². The highest BCUT2D eigenvalue weighted by molar-refractivity contribution is 5.87. The van der Waals surface area contributed by atoms with Crippen molar-refractivity contribution >= 4 is 17.6 Å². The summed E-state index contributed by atoms with van der Waals surface area (Å²) in [7, 11) is 1.56. The van der Waals surface area contributed by atoms with Crippen molar-refractivity contribution in [2.45, 2.75) is 62.8 Å². The Morgan fingerprint density at radius 1 is 0.956 bits per heavy atom. The first-order valence-corrected chi connectivity index (χ1v) is 15.7. The number of piperidine rings is 2. The topological polar surface area (TPSA) is 73.3 Å². The number of likely N-dealkylation sites (tertiary alicyclic amines) is 2. The van der Waals surface area contributed by atoms with Gasteiger partial charge in [0.05, 0.1) is 18.6 Å². The molecule has 1 amide bonds. The Bertz CT molecular complexity index is 1440. The largest absolute Gasteiger partial charge is 0.497 e. The van der Waals surface area contributed by atoms with Gasteiger partial charge in [-0.2, -0.15) is 13.2 Å². The normalized spacial score (nSPS) is 29.2. The third-order valence-electron chi connectivity index (χ3n) is 10.6. The van der Waals surface area contributed by atoms with Crippen LogP contribution in [0, 0.1) is 17.8 Å². The molecule has 5 atom stereocenters. The standard InChI is InChI=1S/C34H41F4N3O4/c1-32(2,3)41-18-27(21-5-8-23(45-4)9-6-21)33(35,19-41)31(44)39-13-11-20(12-14-39)24-10-7-22(34(36,37)38)15-28(24)40-16-25-26(17-40)29(25)30(42)43/h5-10,15,20,25-27,29H,11-14,16-19H2,1-4H3,(H,42,43)/t25-,26+,27-,29?,33-/m0/s1. The predicted molar refractivity (Wildman–Crippen MR) is 161 cm³/mol. The molecule has 0 bridgehead atoms. The number of rotatable bonds is 6. The molecule has 3 heterocycles. The molecule has 0 radical (unpaired) electrons. The number of aliphatic carboxylic acids is 1. The van der Waals surface area contributed by atoms with Gasteiger partial charge in [-0.3, -0.25) is 14.5 Å².